The van der Waals surface area contributed by atoms with Gasteiger partial charge in [0.15, 0.2) is 0 Å². The maximum absolute atomic E-state index is 12.0. The van der Waals surface area contributed by atoms with Gasteiger partial charge in [0.2, 0.25) is 0 Å². The summed E-state index contributed by atoms with van der Waals surface area (Å²) < 4.78 is 35.9. The lowest BCUT2D eigenvalue weighted by Gasteiger charge is -2.46. The molecule has 1 rings (SSSR count). The van der Waals surface area contributed by atoms with E-state index in [9.17, 15) is 18.0 Å². The van der Waals surface area contributed by atoms with Crippen LogP contribution in [-0.2, 0) is 4.79 Å². The number of nitrogens with one attached hydrogen (secondary N) is 1. The third-order valence-corrected chi connectivity index (χ3v) is 2.37. The highest BCUT2D eigenvalue weighted by Crippen LogP contribution is 2.25. The van der Waals surface area contributed by atoms with E-state index in [-0.39, 0.29) is 0 Å². The predicted octanol–water partition coefficient (Wildman–Crippen LogP) is 0.369. The molecule has 0 saturated carbocycles. The average molecular weight is 196 g/mol. The maximum atomic E-state index is 12.0. The number of rotatable bonds is 1. The van der Waals surface area contributed by atoms with E-state index in [0.717, 1.165) is 4.90 Å². The van der Waals surface area contributed by atoms with E-state index in [4.69, 9.17) is 0 Å². The second-order valence-corrected chi connectivity index (χ2v) is 3.46. The van der Waals surface area contributed by atoms with Crippen LogP contribution in [-0.4, -0.2) is 42.7 Å². The van der Waals surface area contributed by atoms with Gasteiger partial charge in [-0.1, -0.05) is 0 Å². The normalized spacial score (nSPS) is 20.7. The van der Waals surface area contributed by atoms with Crippen molar-refractivity contribution in [1.82, 2.24) is 10.2 Å². The van der Waals surface area contributed by atoms with Crippen molar-refractivity contribution in [2.45, 2.75) is 18.6 Å². The fourth-order valence-electron chi connectivity index (χ4n) is 1.16. The number of halogens is 3. The van der Waals surface area contributed by atoms with Crippen molar-refractivity contribution in [1.29, 1.82) is 0 Å². The standard InChI is InChI=1S/C7H11F3N2O/c1-6(3-11-4-6)12(2)5(13)7(8,9)10/h11H,3-4H2,1-2H3. The molecular weight excluding hydrogens is 185 g/mol. The molecule has 1 fully saturated rings. The zero-order chi connectivity index (χ0) is 10.3. The molecule has 0 aromatic carbocycles. The lowest BCUT2D eigenvalue weighted by molar-refractivity contribution is -0.190. The second kappa shape index (κ2) is 2.87. The third-order valence-electron chi connectivity index (χ3n) is 2.37. The molecule has 0 aromatic heterocycles. The van der Waals surface area contributed by atoms with E-state index in [2.05, 4.69) is 5.32 Å². The van der Waals surface area contributed by atoms with Gasteiger partial charge in [0.1, 0.15) is 0 Å². The number of likely N-dealkylation sites (N-methyl/N-ethyl adjacent to an activating group) is 1. The van der Waals surface area contributed by atoms with Crippen LogP contribution < -0.4 is 5.32 Å². The van der Waals surface area contributed by atoms with Crippen LogP contribution >= 0.6 is 0 Å². The van der Waals surface area contributed by atoms with Crippen LogP contribution in [0.25, 0.3) is 0 Å². The molecule has 6 heteroatoms. The first kappa shape index (κ1) is 10.3. The van der Waals surface area contributed by atoms with Crippen LogP contribution in [0, 0.1) is 0 Å². The molecule has 0 unspecified atom stereocenters. The minimum atomic E-state index is -4.77. The molecule has 1 aliphatic heterocycles. The Balaban J connectivity index is 2.67. The van der Waals surface area contributed by atoms with Gasteiger partial charge in [-0.3, -0.25) is 4.79 Å². The van der Waals surface area contributed by atoms with Crippen molar-refractivity contribution in [2.24, 2.45) is 0 Å². The van der Waals surface area contributed by atoms with Gasteiger partial charge in [0.05, 0.1) is 5.54 Å². The van der Waals surface area contributed by atoms with Crippen LogP contribution in [0.5, 0.6) is 0 Å². The number of nitrogens with zero attached hydrogens (tertiary/aromatic N) is 1. The Morgan fingerprint density at radius 3 is 2.15 bits per heavy atom. The zero-order valence-electron chi connectivity index (χ0n) is 7.40. The molecular formula is C7H11F3N2O. The van der Waals surface area contributed by atoms with Gasteiger partial charge in [-0.2, -0.15) is 13.2 Å². The van der Waals surface area contributed by atoms with Gasteiger partial charge in [0, 0.05) is 20.1 Å². The third kappa shape index (κ3) is 1.77. The molecule has 0 atom stereocenters. The van der Waals surface area contributed by atoms with Crippen molar-refractivity contribution in [2.75, 3.05) is 20.1 Å². The van der Waals surface area contributed by atoms with E-state index in [1.807, 2.05) is 0 Å². The van der Waals surface area contributed by atoms with Gasteiger partial charge in [-0.05, 0) is 6.92 Å². The molecule has 1 saturated heterocycles. The summed E-state index contributed by atoms with van der Waals surface area (Å²) in [4.78, 5) is 11.5. The van der Waals surface area contributed by atoms with Crippen LogP contribution in [0.4, 0.5) is 13.2 Å². The summed E-state index contributed by atoms with van der Waals surface area (Å²) in [6.07, 6.45) is -4.77. The lowest BCUT2D eigenvalue weighted by atomic mass is 9.93. The highest BCUT2D eigenvalue weighted by molar-refractivity contribution is 5.82. The fraction of sp³-hybridized carbons (Fsp3) is 0.857. The SMILES string of the molecule is CN(C(=O)C(F)(F)F)C1(C)CNC1. The average Bonchev–Trinajstić information content (AvgIpc) is 1.95. The molecule has 1 aliphatic rings. The summed E-state index contributed by atoms with van der Waals surface area (Å²) >= 11 is 0. The first-order chi connectivity index (χ1) is 5.77. The van der Waals surface area contributed by atoms with Crippen LogP contribution in [0.1, 0.15) is 6.92 Å². The van der Waals surface area contributed by atoms with Crippen molar-refractivity contribution >= 4 is 5.91 Å². The number of hydrogen-bond donors (Lipinski definition) is 1. The highest BCUT2D eigenvalue weighted by atomic mass is 19.4. The van der Waals surface area contributed by atoms with Gasteiger partial charge in [-0.25, -0.2) is 0 Å². The number of amides is 1. The molecule has 0 bridgehead atoms. The molecule has 1 amide bonds. The fourth-order valence-corrected chi connectivity index (χ4v) is 1.16. The molecule has 3 nitrogen and oxygen atoms in total. The van der Waals surface area contributed by atoms with Gasteiger partial charge >= 0.3 is 12.1 Å². The maximum Gasteiger partial charge on any atom is 0.471 e. The molecule has 13 heavy (non-hydrogen) atoms. The van der Waals surface area contributed by atoms with E-state index in [1.165, 1.54) is 7.05 Å². The Hall–Kier alpha value is -0.780. The Kier molecular flexibility index (Phi) is 2.27. The van der Waals surface area contributed by atoms with Crippen molar-refractivity contribution < 1.29 is 18.0 Å². The van der Waals surface area contributed by atoms with E-state index < -0.39 is 17.6 Å². The summed E-state index contributed by atoms with van der Waals surface area (Å²) in [6, 6.07) is 0. The Morgan fingerprint density at radius 1 is 1.46 bits per heavy atom. The largest absolute Gasteiger partial charge is 0.471 e. The van der Waals surface area contributed by atoms with E-state index >= 15 is 0 Å². The molecule has 0 spiro atoms. The zero-order valence-corrected chi connectivity index (χ0v) is 7.40. The summed E-state index contributed by atoms with van der Waals surface area (Å²) in [5, 5.41) is 2.83. The van der Waals surface area contributed by atoms with Gasteiger partial charge in [0.25, 0.3) is 0 Å². The Bertz CT molecular complexity index is 222. The first-order valence-electron chi connectivity index (χ1n) is 3.83. The van der Waals surface area contributed by atoms with Crippen molar-refractivity contribution in [3.05, 3.63) is 0 Å². The number of carbonyl (C=O) groups excluding carboxylic acids is 1. The summed E-state index contributed by atoms with van der Waals surface area (Å²) in [6.45, 7) is 2.43. The van der Waals surface area contributed by atoms with Crippen LogP contribution in [0.3, 0.4) is 0 Å². The van der Waals surface area contributed by atoms with Gasteiger partial charge < -0.3 is 10.2 Å². The lowest BCUT2D eigenvalue weighted by Crippen LogP contribution is -2.68. The molecule has 0 aromatic rings. The minimum absolute atomic E-state index is 0.408. The minimum Gasteiger partial charge on any atom is -0.330 e. The summed E-state index contributed by atoms with van der Waals surface area (Å²) in [5.41, 5.74) is -0.688. The number of carbonyl (C=O) groups is 1. The van der Waals surface area contributed by atoms with Gasteiger partial charge in [-0.15, -0.1) is 0 Å². The second-order valence-electron chi connectivity index (χ2n) is 3.46. The Morgan fingerprint density at radius 2 is 1.92 bits per heavy atom. The molecule has 76 valence electrons. The van der Waals surface area contributed by atoms with Crippen molar-refractivity contribution in [3.63, 3.8) is 0 Å². The molecule has 0 aliphatic carbocycles. The van der Waals surface area contributed by atoms with E-state index in [1.54, 1.807) is 6.92 Å². The smallest absolute Gasteiger partial charge is 0.330 e. The monoisotopic (exact) mass is 196 g/mol. The number of alkyl halides is 3. The topological polar surface area (TPSA) is 32.3 Å². The first-order valence-corrected chi connectivity index (χ1v) is 3.83. The quantitative estimate of drug-likeness (QED) is 0.657. The highest BCUT2D eigenvalue weighted by Gasteiger charge is 2.48. The van der Waals surface area contributed by atoms with Crippen molar-refractivity contribution in [3.8, 4) is 0 Å². The predicted molar refractivity (Wildman–Crippen MR) is 40.1 cm³/mol. The van der Waals surface area contributed by atoms with E-state index in [0.29, 0.717) is 13.1 Å². The molecule has 1 heterocycles. The summed E-state index contributed by atoms with van der Waals surface area (Å²) in [5.74, 6) is -1.78. The summed E-state index contributed by atoms with van der Waals surface area (Å²) in [7, 11) is 1.18. The van der Waals surface area contributed by atoms with Crippen LogP contribution in [0.15, 0.2) is 0 Å². The molecule has 0 radical (unpaired) electrons. The number of hydrogen-bond acceptors (Lipinski definition) is 2. The Labute approximate surface area is 73.9 Å². The molecule has 1 N–H and O–H groups in total. The van der Waals surface area contributed by atoms with Crippen LogP contribution in [0.2, 0.25) is 0 Å².